The second-order valence-corrected chi connectivity index (χ2v) is 6.37. The van der Waals surface area contributed by atoms with Gasteiger partial charge in [0.15, 0.2) is 0 Å². The van der Waals surface area contributed by atoms with Crippen molar-refractivity contribution < 1.29 is 0 Å². The van der Waals surface area contributed by atoms with Gasteiger partial charge in [-0.2, -0.15) is 0 Å². The predicted octanol–water partition coefficient (Wildman–Crippen LogP) is 3.27. The summed E-state index contributed by atoms with van der Waals surface area (Å²) in [5.74, 6) is 0.729. The monoisotopic (exact) mass is 240 g/mol. The SMILES string of the molecule is CCCC(C)N1CC(C(C)C)NCC1(C)CC. The Hall–Kier alpha value is -0.0800. The second kappa shape index (κ2) is 6.19. The van der Waals surface area contributed by atoms with Gasteiger partial charge in [-0.1, -0.05) is 34.1 Å². The molecule has 0 spiro atoms. The Labute approximate surface area is 108 Å². The van der Waals surface area contributed by atoms with Gasteiger partial charge in [0.1, 0.15) is 0 Å². The Balaban J connectivity index is 2.76. The van der Waals surface area contributed by atoms with Gasteiger partial charge in [-0.25, -0.2) is 0 Å². The molecule has 17 heavy (non-hydrogen) atoms. The molecule has 0 aromatic heterocycles. The number of nitrogens with zero attached hydrogens (tertiary/aromatic N) is 1. The van der Waals surface area contributed by atoms with E-state index in [-0.39, 0.29) is 0 Å². The lowest BCUT2D eigenvalue weighted by Crippen LogP contribution is -2.66. The summed E-state index contributed by atoms with van der Waals surface area (Å²) in [6.45, 7) is 16.4. The van der Waals surface area contributed by atoms with Crippen molar-refractivity contribution in [1.29, 1.82) is 0 Å². The summed E-state index contributed by atoms with van der Waals surface area (Å²) in [6, 6.07) is 1.38. The third-order valence-corrected chi connectivity index (χ3v) is 4.64. The highest BCUT2D eigenvalue weighted by Crippen LogP contribution is 2.28. The number of rotatable bonds is 5. The van der Waals surface area contributed by atoms with Gasteiger partial charge in [0.2, 0.25) is 0 Å². The van der Waals surface area contributed by atoms with Crippen LogP contribution >= 0.6 is 0 Å². The van der Waals surface area contributed by atoms with Crippen LogP contribution in [0.5, 0.6) is 0 Å². The second-order valence-electron chi connectivity index (χ2n) is 6.37. The first-order chi connectivity index (χ1) is 7.94. The smallest absolute Gasteiger partial charge is 0.0306 e. The van der Waals surface area contributed by atoms with Crippen LogP contribution in [0.1, 0.15) is 60.8 Å². The minimum absolute atomic E-state index is 0.347. The number of hydrogen-bond donors (Lipinski definition) is 1. The average Bonchev–Trinajstić information content (AvgIpc) is 2.29. The molecule has 3 unspecified atom stereocenters. The minimum Gasteiger partial charge on any atom is -0.311 e. The van der Waals surface area contributed by atoms with E-state index in [1.165, 1.54) is 25.8 Å². The molecule has 2 nitrogen and oxygen atoms in total. The lowest BCUT2D eigenvalue weighted by Gasteiger charge is -2.51. The Bertz CT molecular complexity index is 227. The molecule has 0 amide bonds. The molecule has 0 radical (unpaired) electrons. The van der Waals surface area contributed by atoms with Gasteiger partial charge < -0.3 is 5.32 Å². The molecular weight excluding hydrogens is 208 g/mol. The molecule has 0 bridgehead atoms. The van der Waals surface area contributed by atoms with E-state index in [4.69, 9.17) is 0 Å². The minimum atomic E-state index is 0.347. The predicted molar refractivity (Wildman–Crippen MR) is 76.4 cm³/mol. The molecule has 0 saturated carbocycles. The van der Waals surface area contributed by atoms with Gasteiger partial charge in [0.05, 0.1) is 0 Å². The van der Waals surface area contributed by atoms with Crippen molar-refractivity contribution in [2.45, 2.75) is 78.4 Å². The fraction of sp³-hybridized carbons (Fsp3) is 1.00. The zero-order valence-corrected chi connectivity index (χ0v) is 12.7. The lowest BCUT2D eigenvalue weighted by molar-refractivity contribution is 0.00489. The average molecular weight is 240 g/mol. The quantitative estimate of drug-likeness (QED) is 0.793. The molecular formula is C15H32N2. The van der Waals surface area contributed by atoms with Crippen molar-refractivity contribution in [2.75, 3.05) is 13.1 Å². The molecule has 0 aromatic carbocycles. The van der Waals surface area contributed by atoms with Gasteiger partial charge in [0.25, 0.3) is 0 Å². The van der Waals surface area contributed by atoms with Crippen molar-refractivity contribution >= 4 is 0 Å². The first-order valence-electron chi connectivity index (χ1n) is 7.44. The van der Waals surface area contributed by atoms with E-state index in [1.807, 2.05) is 0 Å². The Kier molecular flexibility index (Phi) is 5.46. The summed E-state index contributed by atoms with van der Waals surface area (Å²) in [5.41, 5.74) is 0.347. The van der Waals surface area contributed by atoms with Gasteiger partial charge in [0, 0.05) is 30.7 Å². The highest BCUT2D eigenvalue weighted by atomic mass is 15.3. The summed E-state index contributed by atoms with van der Waals surface area (Å²) in [7, 11) is 0. The van der Waals surface area contributed by atoms with Gasteiger partial charge in [-0.3, -0.25) is 4.90 Å². The summed E-state index contributed by atoms with van der Waals surface area (Å²) in [4.78, 5) is 2.76. The maximum Gasteiger partial charge on any atom is 0.0306 e. The summed E-state index contributed by atoms with van der Waals surface area (Å²) in [5, 5.41) is 3.75. The maximum atomic E-state index is 3.75. The molecule has 102 valence electrons. The van der Waals surface area contributed by atoms with Crippen molar-refractivity contribution in [3.05, 3.63) is 0 Å². The van der Waals surface area contributed by atoms with Crippen LogP contribution in [0, 0.1) is 5.92 Å². The van der Waals surface area contributed by atoms with E-state index < -0.39 is 0 Å². The van der Waals surface area contributed by atoms with E-state index in [0.717, 1.165) is 12.5 Å². The van der Waals surface area contributed by atoms with E-state index in [0.29, 0.717) is 17.6 Å². The maximum absolute atomic E-state index is 3.75. The highest BCUT2D eigenvalue weighted by molar-refractivity contribution is 4.97. The van der Waals surface area contributed by atoms with Crippen molar-refractivity contribution in [2.24, 2.45) is 5.92 Å². The van der Waals surface area contributed by atoms with Crippen molar-refractivity contribution in [1.82, 2.24) is 10.2 Å². The molecule has 0 aromatic rings. The van der Waals surface area contributed by atoms with E-state index in [1.54, 1.807) is 0 Å². The van der Waals surface area contributed by atoms with Crippen LogP contribution in [0.25, 0.3) is 0 Å². The third-order valence-electron chi connectivity index (χ3n) is 4.64. The molecule has 1 aliphatic heterocycles. The number of nitrogens with one attached hydrogen (secondary N) is 1. The zero-order chi connectivity index (χ0) is 13.1. The molecule has 3 atom stereocenters. The van der Waals surface area contributed by atoms with Crippen LogP contribution in [0.4, 0.5) is 0 Å². The largest absolute Gasteiger partial charge is 0.311 e. The topological polar surface area (TPSA) is 15.3 Å². The van der Waals surface area contributed by atoms with Crippen LogP contribution < -0.4 is 5.32 Å². The standard InChI is InChI=1S/C15H32N2/c1-7-9-13(5)17-10-14(12(3)4)16-11-15(17,6)8-2/h12-14,16H,7-11H2,1-6H3. The van der Waals surface area contributed by atoms with E-state index >= 15 is 0 Å². The van der Waals surface area contributed by atoms with Crippen LogP contribution in [0.15, 0.2) is 0 Å². The molecule has 0 aliphatic carbocycles. The van der Waals surface area contributed by atoms with Crippen LogP contribution in [-0.2, 0) is 0 Å². The summed E-state index contributed by atoms with van der Waals surface area (Å²) >= 11 is 0. The summed E-state index contributed by atoms with van der Waals surface area (Å²) < 4.78 is 0. The van der Waals surface area contributed by atoms with Crippen molar-refractivity contribution in [3.8, 4) is 0 Å². The highest BCUT2D eigenvalue weighted by Gasteiger charge is 2.39. The normalized spacial score (nSPS) is 33.0. The van der Waals surface area contributed by atoms with Crippen LogP contribution in [0.3, 0.4) is 0 Å². The molecule has 1 saturated heterocycles. The first-order valence-corrected chi connectivity index (χ1v) is 7.44. The van der Waals surface area contributed by atoms with Crippen LogP contribution in [0.2, 0.25) is 0 Å². The van der Waals surface area contributed by atoms with E-state index in [2.05, 4.69) is 51.8 Å². The number of piperazine rings is 1. The fourth-order valence-corrected chi connectivity index (χ4v) is 3.01. The zero-order valence-electron chi connectivity index (χ0n) is 12.7. The molecule has 1 heterocycles. The lowest BCUT2D eigenvalue weighted by atomic mass is 9.87. The molecule has 1 aliphatic rings. The third kappa shape index (κ3) is 3.45. The van der Waals surface area contributed by atoms with Crippen LogP contribution in [-0.4, -0.2) is 35.6 Å². The first kappa shape index (κ1) is 15.0. The van der Waals surface area contributed by atoms with Crippen molar-refractivity contribution in [3.63, 3.8) is 0 Å². The molecule has 2 heteroatoms. The molecule has 1 rings (SSSR count). The Morgan fingerprint density at radius 3 is 2.41 bits per heavy atom. The molecule has 1 N–H and O–H groups in total. The summed E-state index contributed by atoms with van der Waals surface area (Å²) in [6.07, 6.45) is 3.84. The Morgan fingerprint density at radius 2 is 1.94 bits per heavy atom. The van der Waals surface area contributed by atoms with Gasteiger partial charge in [-0.05, 0) is 32.6 Å². The van der Waals surface area contributed by atoms with E-state index in [9.17, 15) is 0 Å². The fourth-order valence-electron chi connectivity index (χ4n) is 3.01. The van der Waals surface area contributed by atoms with Gasteiger partial charge in [-0.15, -0.1) is 0 Å². The number of hydrogen-bond acceptors (Lipinski definition) is 2. The Morgan fingerprint density at radius 1 is 1.29 bits per heavy atom. The molecule has 1 fully saturated rings. The van der Waals surface area contributed by atoms with Gasteiger partial charge >= 0.3 is 0 Å².